The van der Waals surface area contributed by atoms with Gasteiger partial charge in [0.2, 0.25) is 5.91 Å². The Morgan fingerprint density at radius 1 is 1.11 bits per heavy atom. The normalized spacial score (nSPS) is 11.0. The highest BCUT2D eigenvalue weighted by Gasteiger charge is 2.15. The first-order valence-corrected chi connectivity index (χ1v) is 9.48. The standard InChI is InChI=1S/C21H17NO4S/c1-2-25-14-9-7-13(8-10-14)11-18(23)22-20-19-16(12-27-20)15-5-3-4-6-17(15)26-21(19)24/h3-10,12H,2,11H2,1H3,(H,22,23). The van der Waals surface area contributed by atoms with Crippen molar-refractivity contribution in [2.45, 2.75) is 13.3 Å². The van der Waals surface area contributed by atoms with E-state index in [2.05, 4.69) is 5.32 Å². The molecule has 0 saturated carbocycles. The average Bonchev–Trinajstić information content (AvgIpc) is 3.08. The molecule has 0 atom stereocenters. The molecule has 0 bridgehead atoms. The van der Waals surface area contributed by atoms with Gasteiger partial charge in [-0.3, -0.25) is 4.79 Å². The molecular weight excluding hydrogens is 362 g/mol. The first-order chi connectivity index (χ1) is 13.2. The van der Waals surface area contributed by atoms with E-state index in [-0.39, 0.29) is 12.3 Å². The molecular formula is C21H17NO4S. The number of para-hydroxylation sites is 1. The van der Waals surface area contributed by atoms with E-state index in [1.807, 2.05) is 54.8 Å². The number of thiophene rings is 1. The van der Waals surface area contributed by atoms with Crippen molar-refractivity contribution in [1.29, 1.82) is 0 Å². The Labute approximate surface area is 159 Å². The predicted molar refractivity (Wildman–Crippen MR) is 108 cm³/mol. The van der Waals surface area contributed by atoms with Crippen LogP contribution in [0.5, 0.6) is 5.75 Å². The highest BCUT2D eigenvalue weighted by Crippen LogP contribution is 2.33. The smallest absolute Gasteiger partial charge is 0.347 e. The molecule has 136 valence electrons. The van der Waals surface area contributed by atoms with E-state index in [0.29, 0.717) is 22.6 Å². The molecule has 0 aliphatic heterocycles. The van der Waals surface area contributed by atoms with Crippen LogP contribution in [0.3, 0.4) is 0 Å². The second-order valence-electron chi connectivity index (χ2n) is 6.04. The van der Waals surface area contributed by atoms with Gasteiger partial charge in [0.25, 0.3) is 0 Å². The highest BCUT2D eigenvalue weighted by molar-refractivity contribution is 7.16. The number of fused-ring (bicyclic) bond motifs is 3. The fourth-order valence-electron chi connectivity index (χ4n) is 3.01. The van der Waals surface area contributed by atoms with Crippen molar-refractivity contribution < 1.29 is 13.9 Å². The molecule has 5 nitrogen and oxygen atoms in total. The first-order valence-electron chi connectivity index (χ1n) is 8.60. The molecule has 27 heavy (non-hydrogen) atoms. The third kappa shape index (κ3) is 3.44. The Morgan fingerprint density at radius 2 is 1.89 bits per heavy atom. The number of rotatable bonds is 5. The summed E-state index contributed by atoms with van der Waals surface area (Å²) in [5.41, 5.74) is 0.968. The molecule has 0 spiro atoms. The van der Waals surface area contributed by atoms with Crippen LogP contribution in [0.2, 0.25) is 0 Å². The monoisotopic (exact) mass is 379 g/mol. The largest absolute Gasteiger partial charge is 0.494 e. The van der Waals surface area contributed by atoms with Gasteiger partial charge in [-0.1, -0.05) is 30.3 Å². The summed E-state index contributed by atoms with van der Waals surface area (Å²) in [7, 11) is 0. The first kappa shape index (κ1) is 17.3. The van der Waals surface area contributed by atoms with Crippen LogP contribution in [-0.4, -0.2) is 12.5 Å². The van der Waals surface area contributed by atoms with E-state index in [9.17, 15) is 9.59 Å². The number of anilines is 1. The van der Waals surface area contributed by atoms with Crippen molar-refractivity contribution in [3.05, 3.63) is 69.9 Å². The lowest BCUT2D eigenvalue weighted by molar-refractivity contribution is -0.115. The van der Waals surface area contributed by atoms with Gasteiger partial charge in [-0.2, -0.15) is 0 Å². The minimum atomic E-state index is -0.443. The zero-order valence-electron chi connectivity index (χ0n) is 14.7. The summed E-state index contributed by atoms with van der Waals surface area (Å²) in [5, 5.41) is 7.30. The molecule has 4 aromatic rings. The number of nitrogens with one attached hydrogen (secondary N) is 1. The minimum Gasteiger partial charge on any atom is -0.494 e. The van der Waals surface area contributed by atoms with Crippen molar-refractivity contribution in [3.63, 3.8) is 0 Å². The van der Waals surface area contributed by atoms with Gasteiger partial charge < -0.3 is 14.5 Å². The Balaban J connectivity index is 1.59. The van der Waals surface area contributed by atoms with Crippen molar-refractivity contribution >= 4 is 44.0 Å². The van der Waals surface area contributed by atoms with Crippen molar-refractivity contribution in [2.24, 2.45) is 0 Å². The summed E-state index contributed by atoms with van der Waals surface area (Å²) in [5.74, 6) is 0.589. The lowest BCUT2D eigenvalue weighted by Gasteiger charge is -2.06. The molecule has 0 unspecified atom stereocenters. The molecule has 0 aliphatic rings. The van der Waals surface area contributed by atoms with Gasteiger partial charge in [0.1, 0.15) is 21.7 Å². The van der Waals surface area contributed by atoms with Crippen LogP contribution in [0.15, 0.2) is 63.1 Å². The van der Waals surface area contributed by atoms with E-state index < -0.39 is 5.63 Å². The van der Waals surface area contributed by atoms with Crippen molar-refractivity contribution in [2.75, 3.05) is 11.9 Å². The maximum absolute atomic E-state index is 12.4. The number of carbonyl (C=O) groups excluding carboxylic acids is 1. The van der Waals surface area contributed by atoms with Gasteiger partial charge in [0, 0.05) is 16.2 Å². The van der Waals surface area contributed by atoms with Gasteiger partial charge in [0.15, 0.2) is 0 Å². The van der Waals surface area contributed by atoms with Gasteiger partial charge in [-0.05, 0) is 30.7 Å². The lowest BCUT2D eigenvalue weighted by Crippen LogP contribution is -2.15. The molecule has 2 aromatic carbocycles. The molecule has 0 fully saturated rings. The molecule has 4 rings (SSSR count). The van der Waals surface area contributed by atoms with Gasteiger partial charge in [0.05, 0.1) is 13.0 Å². The molecule has 0 radical (unpaired) electrons. The van der Waals surface area contributed by atoms with Crippen LogP contribution < -0.4 is 15.7 Å². The van der Waals surface area contributed by atoms with Crippen LogP contribution in [0, 0.1) is 0 Å². The predicted octanol–water partition coefficient (Wildman–Crippen LogP) is 4.59. The highest BCUT2D eigenvalue weighted by atomic mass is 32.1. The average molecular weight is 379 g/mol. The van der Waals surface area contributed by atoms with E-state index in [0.717, 1.165) is 22.1 Å². The summed E-state index contributed by atoms with van der Waals surface area (Å²) in [6, 6.07) is 14.8. The lowest BCUT2D eigenvalue weighted by atomic mass is 10.1. The van der Waals surface area contributed by atoms with Gasteiger partial charge >= 0.3 is 5.63 Å². The molecule has 2 heterocycles. The van der Waals surface area contributed by atoms with Crippen LogP contribution in [0.25, 0.3) is 21.7 Å². The Bertz CT molecular complexity index is 1170. The Kier molecular flexibility index (Phi) is 4.64. The number of ether oxygens (including phenoxy) is 1. The fourth-order valence-corrected chi connectivity index (χ4v) is 3.97. The number of hydrogen-bond donors (Lipinski definition) is 1. The van der Waals surface area contributed by atoms with Crippen molar-refractivity contribution in [1.82, 2.24) is 0 Å². The van der Waals surface area contributed by atoms with Crippen LogP contribution in [0.4, 0.5) is 5.00 Å². The summed E-state index contributed by atoms with van der Waals surface area (Å²) in [6.45, 7) is 2.52. The zero-order valence-corrected chi connectivity index (χ0v) is 15.5. The zero-order chi connectivity index (χ0) is 18.8. The number of benzene rings is 2. The minimum absolute atomic E-state index is 0.185. The van der Waals surface area contributed by atoms with Gasteiger partial charge in [-0.25, -0.2) is 4.79 Å². The van der Waals surface area contributed by atoms with Crippen molar-refractivity contribution in [3.8, 4) is 5.75 Å². The molecule has 2 aromatic heterocycles. The van der Waals surface area contributed by atoms with Crippen LogP contribution in [0.1, 0.15) is 12.5 Å². The topological polar surface area (TPSA) is 68.5 Å². The third-order valence-electron chi connectivity index (χ3n) is 4.23. The van der Waals surface area contributed by atoms with E-state index in [1.54, 1.807) is 6.07 Å². The molecule has 6 heteroatoms. The SMILES string of the molecule is CCOc1ccc(CC(=O)Nc2scc3c2c(=O)oc2ccccc23)cc1. The van der Waals surface area contributed by atoms with E-state index >= 15 is 0 Å². The summed E-state index contributed by atoms with van der Waals surface area (Å²) in [4.78, 5) is 24.8. The molecule has 0 aliphatic carbocycles. The number of carbonyl (C=O) groups is 1. The van der Waals surface area contributed by atoms with Gasteiger partial charge in [-0.15, -0.1) is 11.3 Å². The third-order valence-corrected chi connectivity index (χ3v) is 5.12. The second-order valence-corrected chi connectivity index (χ2v) is 6.92. The fraction of sp³-hybridized carbons (Fsp3) is 0.143. The van der Waals surface area contributed by atoms with Crippen LogP contribution in [-0.2, 0) is 11.2 Å². The molecule has 0 saturated heterocycles. The van der Waals surface area contributed by atoms with Crippen LogP contribution >= 0.6 is 11.3 Å². The Morgan fingerprint density at radius 3 is 2.67 bits per heavy atom. The second kappa shape index (κ2) is 7.25. The molecule has 1 amide bonds. The Hall–Kier alpha value is -3.12. The van der Waals surface area contributed by atoms with E-state index in [1.165, 1.54) is 11.3 Å². The number of hydrogen-bond acceptors (Lipinski definition) is 5. The van der Waals surface area contributed by atoms with E-state index in [4.69, 9.17) is 9.15 Å². The summed E-state index contributed by atoms with van der Waals surface area (Å²) >= 11 is 1.33. The summed E-state index contributed by atoms with van der Waals surface area (Å²) < 4.78 is 10.8. The summed E-state index contributed by atoms with van der Waals surface area (Å²) in [6.07, 6.45) is 0.213. The maximum atomic E-state index is 12.4. The maximum Gasteiger partial charge on any atom is 0.347 e. The molecule has 1 N–H and O–H groups in total. The number of amides is 1. The quantitative estimate of drug-likeness (QED) is 0.515.